The van der Waals surface area contributed by atoms with Crippen LogP contribution in [0.25, 0.3) is 0 Å². The topological polar surface area (TPSA) is 93.3 Å². The number of aliphatic hydroxyl groups is 1. The van der Waals surface area contributed by atoms with Crippen molar-refractivity contribution >= 4 is 5.91 Å². The summed E-state index contributed by atoms with van der Waals surface area (Å²) < 4.78 is 0. The average molecular weight is 474 g/mol. The molecule has 1 aromatic heterocycles. The Morgan fingerprint density at radius 1 is 1.21 bits per heavy atom. The van der Waals surface area contributed by atoms with Crippen LogP contribution in [0, 0.1) is 34.0 Å². The number of aromatic nitrogens is 2. The third-order valence-corrected chi connectivity index (χ3v) is 8.40. The molecule has 3 aliphatic rings. The Bertz CT molecular complexity index is 836. The quantitative estimate of drug-likeness (QED) is 0.417. The lowest BCUT2D eigenvalue weighted by molar-refractivity contribution is -0.128. The summed E-state index contributed by atoms with van der Waals surface area (Å²) in [6, 6.07) is 2.32. The first-order valence-electron chi connectivity index (χ1n) is 13.3. The van der Waals surface area contributed by atoms with Gasteiger partial charge in [-0.1, -0.05) is 41.5 Å². The van der Waals surface area contributed by atoms with Gasteiger partial charge < -0.3 is 10.4 Å². The van der Waals surface area contributed by atoms with Gasteiger partial charge in [-0.2, -0.15) is 5.10 Å². The molecule has 4 rings (SSSR count). The van der Waals surface area contributed by atoms with Gasteiger partial charge >= 0.3 is 0 Å². The molecular weight excluding hydrogens is 426 g/mol. The van der Waals surface area contributed by atoms with Crippen LogP contribution in [0.4, 0.5) is 0 Å². The second kappa shape index (κ2) is 9.55. The van der Waals surface area contributed by atoms with Gasteiger partial charge in [-0.15, -0.1) is 0 Å². The van der Waals surface area contributed by atoms with E-state index in [1.54, 1.807) is 0 Å². The van der Waals surface area contributed by atoms with Gasteiger partial charge in [0.05, 0.1) is 0 Å². The summed E-state index contributed by atoms with van der Waals surface area (Å²) in [5.74, 6) is 1.67. The minimum atomic E-state index is -0.579. The Morgan fingerprint density at radius 2 is 1.97 bits per heavy atom. The number of nitrogens with zero attached hydrogens (tertiary/aromatic N) is 2. The van der Waals surface area contributed by atoms with Crippen molar-refractivity contribution in [3.05, 3.63) is 18.0 Å². The van der Waals surface area contributed by atoms with Gasteiger partial charge in [0, 0.05) is 43.5 Å². The lowest BCUT2D eigenvalue weighted by atomic mass is 9.78. The van der Waals surface area contributed by atoms with Crippen LogP contribution < -0.4 is 10.6 Å². The summed E-state index contributed by atoms with van der Waals surface area (Å²) in [6.45, 7) is 16.3. The largest absolute Gasteiger partial charge is 0.365 e. The van der Waals surface area contributed by atoms with Crippen LogP contribution in [0.1, 0.15) is 79.3 Å². The van der Waals surface area contributed by atoms with Gasteiger partial charge in [0.1, 0.15) is 0 Å². The molecule has 1 aromatic rings. The lowest BCUT2D eigenvalue weighted by Crippen LogP contribution is -2.44. The highest BCUT2D eigenvalue weighted by Gasteiger charge is 2.58. The van der Waals surface area contributed by atoms with Gasteiger partial charge in [0.15, 0.2) is 6.35 Å². The number of nitrogens with one attached hydrogen (secondary N) is 3. The Morgan fingerprint density at radius 3 is 2.65 bits per heavy atom. The Balaban J connectivity index is 1.27. The van der Waals surface area contributed by atoms with Crippen LogP contribution in [0.2, 0.25) is 0 Å². The van der Waals surface area contributed by atoms with Crippen molar-refractivity contribution in [2.45, 2.75) is 92.5 Å². The molecule has 0 bridgehead atoms. The van der Waals surface area contributed by atoms with E-state index in [9.17, 15) is 9.90 Å². The highest BCUT2D eigenvalue weighted by atomic mass is 16.3. The molecule has 0 radical (unpaired) electrons. The van der Waals surface area contributed by atoms with E-state index in [1.165, 1.54) is 6.42 Å². The number of rotatable bonds is 10. The van der Waals surface area contributed by atoms with Crippen LogP contribution >= 0.6 is 0 Å². The van der Waals surface area contributed by atoms with Crippen LogP contribution in [0.15, 0.2) is 12.3 Å². The number of aromatic amines is 1. The fourth-order valence-corrected chi connectivity index (χ4v) is 6.96. The fourth-order valence-electron chi connectivity index (χ4n) is 6.96. The van der Waals surface area contributed by atoms with E-state index in [0.29, 0.717) is 17.3 Å². The monoisotopic (exact) mass is 473 g/mol. The van der Waals surface area contributed by atoms with E-state index < -0.39 is 6.35 Å². The maximum atomic E-state index is 12.4. The second-order valence-corrected chi connectivity index (χ2v) is 13.7. The normalized spacial score (nSPS) is 32.5. The zero-order valence-electron chi connectivity index (χ0n) is 22.2. The number of H-pyrrole nitrogens is 1. The van der Waals surface area contributed by atoms with Crippen molar-refractivity contribution in [3.63, 3.8) is 0 Å². The predicted molar refractivity (Wildman–Crippen MR) is 135 cm³/mol. The molecule has 5 unspecified atom stereocenters. The summed E-state index contributed by atoms with van der Waals surface area (Å²) in [6.07, 6.45) is 7.61. The first kappa shape index (κ1) is 25.6. The summed E-state index contributed by atoms with van der Waals surface area (Å²) in [7, 11) is 0. The molecular formula is C27H47N5O2. The minimum Gasteiger partial charge on any atom is -0.365 e. The number of carbonyl (C=O) groups excluding carboxylic acids is 1. The van der Waals surface area contributed by atoms with E-state index in [2.05, 4.69) is 67.3 Å². The molecule has 1 amide bonds. The molecule has 2 aliphatic heterocycles. The van der Waals surface area contributed by atoms with Gasteiger partial charge in [0.25, 0.3) is 0 Å². The van der Waals surface area contributed by atoms with E-state index in [1.807, 2.05) is 12.3 Å². The van der Waals surface area contributed by atoms with E-state index in [0.717, 1.165) is 57.4 Å². The summed E-state index contributed by atoms with van der Waals surface area (Å²) >= 11 is 0. The lowest BCUT2D eigenvalue weighted by Gasteiger charge is -2.35. The average Bonchev–Trinajstić information content (AvgIpc) is 3.01. The smallest absolute Gasteiger partial charge is 0.223 e. The number of carbonyl (C=O) groups is 1. The minimum absolute atomic E-state index is 0.117. The van der Waals surface area contributed by atoms with Crippen molar-refractivity contribution in [2.24, 2.45) is 34.0 Å². The Labute approximate surface area is 205 Å². The molecule has 1 saturated carbocycles. The zero-order chi connectivity index (χ0) is 24.7. The van der Waals surface area contributed by atoms with Crippen LogP contribution in [-0.2, 0) is 11.2 Å². The summed E-state index contributed by atoms with van der Waals surface area (Å²) in [5.41, 5.74) is 1.71. The molecule has 192 valence electrons. The summed E-state index contributed by atoms with van der Waals surface area (Å²) in [4.78, 5) is 14.6. The molecule has 3 heterocycles. The Kier molecular flexibility index (Phi) is 7.20. The van der Waals surface area contributed by atoms with Gasteiger partial charge in [-0.05, 0) is 72.7 Å². The van der Waals surface area contributed by atoms with Gasteiger partial charge in [-0.3, -0.25) is 20.1 Å². The third kappa shape index (κ3) is 6.21. The number of hydrogen-bond acceptors (Lipinski definition) is 5. The standard InChI is InChI=1S/C27H47N5O2/c1-18(2)9-19-10-27(16-28-23(19)33)12-20(27)11-26(5,6)17-32-15-22(30-24(32)34)14-25(3,4)13-21-7-8-29-31-21/h7-8,18-20,22,24,30,34H,9-17H2,1-6H3,(H,28,33)(H,29,31). The first-order valence-corrected chi connectivity index (χ1v) is 13.3. The van der Waals surface area contributed by atoms with Crippen molar-refractivity contribution in [3.8, 4) is 0 Å². The fraction of sp³-hybridized carbons (Fsp3) is 0.852. The van der Waals surface area contributed by atoms with Crippen LogP contribution in [0.5, 0.6) is 0 Å². The van der Waals surface area contributed by atoms with E-state index in [-0.39, 0.29) is 28.7 Å². The highest BCUT2D eigenvalue weighted by molar-refractivity contribution is 5.79. The maximum absolute atomic E-state index is 12.4. The molecule has 7 heteroatoms. The predicted octanol–water partition coefficient (Wildman–Crippen LogP) is 3.52. The highest BCUT2D eigenvalue weighted by Crippen LogP contribution is 2.61. The van der Waals surface area contributed by atoms with Gasteiger partial charge in [-0.25, -0.2) is 0 Å². The summed E-state index contributed by atoms with van der Waals surface area (Å²) in [5, 5.41) is 24.6. The number of amides is 1. The second-order valence-electron chi connectivity index (χ2n) is 13.7. The third-order valence-electron chi connectivity index (χ3n) is 8.40. The van der Waals surface area contributed by atoms with Crippen molar-refractivity contribution < 1.29 is 9.90 Å². The van der Waals surface area contributed by atoms with E-state index in [4.69, 9.17) is 0 Å². The number of hydrogen-bond donors (Lipinski definition) is 4. The molecule has 34 heavy (non-hydrogen) atoms. The SMILES string of the molecule is CC(C)CC1CC2(CNC1=O)CC2CC(C)(C)CN1CC(CC(C)(C)Cc2ccn[nH]2)NC1O. The molecule has 4 N–H and O–H groups in total. The van der Waals surface area contributed by atoms with Crippen LogP contribution in [0.3, 0.4) is 0 Å². The van der Waals surface area contributed by atoms with Gasteiger partial charge in [0.2, 0.25) is 5.91 Å². The number of piperidine rings is 1. The molecule has 1 spiro atoms. The Hall–Kier alpha value is -1.44. The molecule has 1 aliphatic carbocycles. The molecule has 2 saturated heterocycles. The zero-order valence-corrected chi connectivity index (χ0v) is 22.2. The van der Waals surface area contributed by atoms with Crippen molar-refractivity contribution in [1.29, 1.82) is 0 Å². The molecule has 0 aromatic carbocycles. The number of aliphatic hydroxyl groups excluding tert-OH is 1. The van der Waals surface area contributed by atoms with Crippen molar-refractivity contribution in [2.75, 3.05) is 19.6 Å². The molecule has 5 atom stereocenters. The van der Waals surface area contributed by atoms with Crippen LogP contribution in [-0.4, -0.2) is 58.1 Å². The maximum Gasteiger partial charge on any atom is 0.223 e. The first-order chi connectivity index (χ1) is 15.9. The molecule has 7 nitrogen and oxygen atoms in total. The van der Waals surface area contributed by atoms with E-state index >= 15 is 0 Å². The molecule has 3 fully saturated rings. The van der Waals surface area contributed by atoms with Crippen molar-refractivity contribution in [1.82, 2.24) is 25.7 Å².